The van der Waals surface area contributed by atoms with Crippen LogP contribution in [0.4, 0.5) is 0 Å². The first kappa shape index (κ1) is 9.74. The number of rotatable bonds is 2. The average Bonchev–Trinajstić information content (AvgIpc) is 2.06. The Kier molecular flexibility index (Phi) is 2.31. The van der Waals surface area contributed by atoms with Gasteiger partial charge in [0.05, 0.1) is 0 Å². The SMILES string of the molecule is CCP(C)(C)(C)c1ccccc1. The molecule has 0 aliphatic heterocycles. The van der Waals surface area contributed by atoms with Gasteiger partial charge in [0.15, 0.2) is 0 Å². The van der Waals surface area contributed by atoms with Crippen LogP contribution in [0.5, 0.6) is 0 Å². The van der Waals surface area contributed by atoms with Gasteiger partial charge in [-0.15, -0.1) is 0 Å². The molecule has 0 amide bonds. The van der Waals surface area contributed by atoms with Crippen LogP contribution in [0.25, 0.3) is 0 Å². The molecule has 0 fully saturated rings. The molecule has 0 nitrogen and oxygen atoms in total. The Morgan fingerprint density at radius 2 is 1.50 bits per heavy atom. The number of hydrogen-bond donors (Lipinski definition) is 0. The van der Waals surface area contributed by atoms with Gasteiger partial charge in [-0.2, -0.15) is 0 Å². The summed E-state index contributed by atoms with van der Waals surface area (Å²) in [4.78, 5) is 0. The standard InChI is InChI=1S/C11H19P/c1-5-12(2,3,4)11-9-7-6-8-10-11/h6-10H,5H2,1-4H3. The van der Waals surface area contributed by atoms with Crippen molar-refractivity contribution in [2.24, 2.45) is 0 Å². The van der Waals surface area contributed by atoms with E-state index in [1.807, 2.05) is 0 Å². The van der Waals surface area contributed by atoms with Crippen LogP contribution in [-0.4, -0.2) is 26.2 Å². The summed E-state index contributed by atoms with van der Waals surface area (Å²) in [5, 5.41) is 1.55. The van der Waals surface area contributed by atoms with E-state index in [1.165, 1.54) is 6.16 Å². The van der Waals surface area contributed by atoms with Crippen LogP contribution in [0.2, 0.25) is 0 Å². The second kappa shape index (κ2) is 2.85. The first-order chi connectivity index (χ1) is 5.44. The minimum atomic E-state index is -1.52. The third-order valence-corrected chi connectivity index (χ3v) is 7.25. The second-order valence-corrected chi connectivity index (χ2v) is 12.2. The van der Waals surface area contributed by atoms with E-state index in [4.69, 9.17) is 0 Å². The van der Waals surface area contributed by atoms with Gasteiger partial charge >= 0.3 is 75.3 Å². The minimum absolute atomic E-state index is 1.29. The van der Waals surface area contributed by atoms with E-state index in [0.29, 0.717) is 0 Å². The summed E-state index contributed by atoms with van der Waals surface area (Å²) < 4.78 is 0. The van der Waals surface area contributed by atoms with Crippen LogP contribution in [0, 0.1) is 0 Å². The quantitative estimate of drug-likeness (QED) is 0.617. The zero-order valence-corrected chi connectivity index (χ0v) is 9.44. The average molecular weight is 182 g/mol. The van der Waals surface area contributed by atoms with Crippen molar-refractivity contribution in [1.82, 2.24) is 0 Å². The predicted octanol–water partition coefficient (Wildman–Crippen LogP) is 2.77. The number of benzene rings is 1. The molecule has 0 aromatic heterocycles. The molecule has 0 saturated heterocycles. The van der Waals surface area contributed by atoms with Crippen LogP contribution in [0.3, 0.4) is 0 Å². The molecule has 1 aromatic carbocycles. The Morgan fingerprint density at radius 1 is 1.00 bits per heavy atom. The van der Waals surface area contributed by atoms with Gasteiger partial charge in [0, 0.05) is 0 Å². The molecule has 1 heteroatoms. The molecule has 0 heterocycles. The molecule has 0 aliphatic carbocycles. The van der Waals surface area contributed by atoms with E-state index < -0.39 is 6.60 Å². The molecule has 0 aliphatic rings. The van der Waals surface area contributed by atoms with Gasteiger partial charge < -0.3 is 0 Å². The maximum atomic E-state index is 2.43. The fourth-order valence-corrected chi connectivity index (χ4v) is 2.81. The molecular formula is C11H19P. The summed E-state index contributed by atoms with van der Waals surface area (Å²) in [5.74, 6) is 0. The summed E-state index contributed by atoms with van der Waals surface area (Å²) in [6, 6.07) is 10.9. The van der Waals surface area contributed by atoms with Crippen LogP contribution < -0.4 is 5.30 Å². The van der Waals surface area contributed by atoms with Gasteiger partial charge in [0.2, 0.25) is 0 Å². The zero-order chi connectivity index (χ0) is 9.27. The van der Waals surface area contributed by atoms with E-state index in [1.54, 1.807) is 5.30 Å². The van der Waals surface area contributed by atoms with Crippen molar-refractivity contribution in [3.05, 3.63) is 30.3 Å². The normalized spacial score (nSPS) is 15.2. The van der Waals surface area contributed by atoms with Crippen LogP contribution in [0.1, 0.15) is 6.92 Å². The van der Waals surface area contributed by atoms with Crippen molar-refractivity contribution < 1.29 is 0 Å². The molecule has 0 spiro atoms. The molecule has 0 radical (unpaired) electrons. The van der Waals surface area contributed by atoms with Crippen molar-refractivity contribution in [1.29, 1.82) is 0 Å². The Morgan fingerprint density at radius 3 is 1.92 bits per heavy atom. The molecule has 1 rings (SSSR count). The molecule has 0 atom stereocenters. The van der Waals surface area contributed by atoms with Crippen molar-refractivity contribution >= 4 is 11.9 Å². The molecule has 12 heavy (non-hydrogen) atoms. The molecule has 0 saturated carbocycles. The van der Waals surface area contributed by atoms with E-state index >= 15 is 0 Å². The molecular weight excluding hydrogens is 163 g/mol. The van der Waals surface area contributed by atoms with E-state index in [9.17, 15) is 0 Å². The topological polar surface area (TPSA) is 0 Å². The fourth-order valence-electron chi connectivity index (χ4n) is 1.16. The van der Waals surface area contributed by atoms with Gasteiger partial charge in [0.1, 0.15) is 0 Å². The second-order valence-electron chi connectivity index (χ2n) is 4.77. The van der Waals surface area contributed by atoms with Crippen LogP contribution >= 0.6 is 6.60 Å². The zero-order valence-electron chi connectivity index (χ0n) is 8.54. The number of hydrogen-bond acceptors (Lipinski definition) is 0. The Bertz CT molecular complexity index is 253. The Hall–Kier alpha value is -0.350. The van der Waals surface area contributed by atoms with E-state index in [-0.39, 0.29) is 0 Å². The monoisotopic (exact) mass is 182 g/mol. The van der Waals surface area contributed by atoms with Gasteiger partial charge in [-0.1, -0.05) is 0 Å². The van der Waals surface area contributed by atoms with Gasteiger partial charge in [-0.25, -0.2) is 0 Å². The molecule has 0 N–H and O–H groups in total. The van der Waals surface area contributed by atoms with Crippen LogP contribution in [-0.2, 0) is 0 Å². The fraction of sp³-hybridized carbons (Fsp3) is 0.455. The van der Waals surface area contributed by atoms with E-state index in [0.717, 1.165) is 0 Å². The molecule has 0 unspecified atom stereocenters. The summed E-state index contributed by atoms with van der Waals surface area (Å²) in [5.41, 5.74) is 0. The summed E-state index contributed by atoms with van der Waals surface area (Å²) >= 11 is 0. The Balaban J connectivity index is 3.14. The van der Waals surface area contributed by atoms with Crippen LogP contribution in [0.15, 0.2) is 30.3 Å². The Labute approximate surface area is 75.9 Å². The third kappa shape index (κ3) is 1.87. The van der Waals surface area contributed by atoms with Crippen molar-refractivity contribution in [3.63, 3.8) is 0 Å². The maximum absolute atomic E-state index is 2.43. The molecule has 1 aromatic rings. The third-order valence-electron chi connectivity index (χ3n) is 2.82. The summed E-state index contributed by atoms with van der Waals surface area (Å²) in [6.07, 6.45) is 1.29. The summed E-state index contributed by atoms with van der Waals surface area (Å²) in [6.45, 7) is 8.07. The van der Waals surface area contributed by atoms with Crippen molar-refractivity contribution in [3.8, 4) is 0 Å². The van der Waals surface area contributed by atoms with Crippen molar-refractivity contribution in [2.45, 2.75) is 6.92 Å². The van der Waals surface area contributed by atoms with Gasteiger partial charge in [0.25, 0.3) is 0 Å². The molecule has 0 bridgehead atoms. The first-order valence-electron chi connectivity index (χ1n) is 4.50. The predicted molar refractivity (Wildman–Crippen MR) is 61.3 cm³/mol. The van der Waals surface area contributed by atoms with Crippen molar-refractivity contribution in [2.75, 3.05) is 26.2 Å². The van der Waals surface area contributed by atoms with Gasteiger partial charge in [-0.05, 0) is 0 Å². The first-order valence-corrected chi connectivity index (χ1v) is 8.26. The summed E-state index contributed by atoms with van der Waals surface area (Å²) in [7, 11) is 0. The van der Waals surface area contributed by atoms with E-state index in [2.05, 4.69) is 57.3 Å². The van der Waals surface area contributed by atoms with Gasteiger partial charge in [-0.3, -0.25) is 0 Å². The molecule has 68 valence electrons.